The minimum absolute atomic E-state index is 0.209. The van der Waals surface area contributed by atoms with E-state index in [1.807, 2.05) is 34.6 Å². The van der Waals surface area contributed by atoms with Crippen LogP contribution in [0, 0.1) is 50.2 Å². The molecule has 9 rings (SSSR count). The summed E-state index contributed by atoms with van der Waals surface area (Å²) in [6, 6.07) is 0. The number of carbonyl (C=O) groups is 3. The van der Waals surface area contributed by atoms with E-state index in [4.69, 9.17) is 47.4 Å². The summed E-state index contributed by atoms with van der Waals surface area (Å²) in [5.74, 6) is -4.28. The van der Waals surface area contributed by atoms with Crippen molar-refractivity contribution in [1.29, 1.82) is 0 Å². The molecule has 8 fully saturated rings. The molecule has 27 heteroatoms. The molecule has 0 aromatic heterocycles. The Morgan fingerprint density at radius 1 is 0.607 bits per heavy atom. The fraction of sp³-hybridized carbons (Fsp3) is 0.855. The fourth-order valence-electron chi connectivity index (χ4n) is 17.4. The molecule has 4 saturated heterocycles. The summed E-state index contributed by atoms with van der Waals surface area (Å²) < 4.78 is 61.9. The van der Waals surface area contributed by atoms with Crippen LogP contribution in [0.5, 0.6) is 0 Å². The Morgan fingerprint density at radius 3 is 1.71 bits per heavy atom. The van der Waals surface area contributed by atoms with E-state index < -0.39 is 224 Å². The third-order valence-electron chi connectivity index (χ3n) is 23.1. The Kier molecular flexibility index (Phi) is 20.4. The Hall–Kier alpha value is -3.21. The number of esters is 2. The Balaban J connectivity index is 1.08. The Labute approximate surface area is 517 Å². The van der Waals surface area contributed by atoms with Crippen LogP contribution in [0.3, 0.4) is 0 Å². The summed E-state index contributed by atoms with van der Waals surface area (Å²) >= 11 is 0. The highest BCUT2D eigenvalue weighted by molar-refractivity contribution is 5.89. The van der Waals surface area contributed by atoms with Crippen LogP contribution in [0.25, 0.3) is 0 Å². The standard InChI is InChI=1S/C62H96O27/c1-12-25(3)51(78)88-48-49(89-52(79)26(4)13-2)62(24-65)28(20-57(48,5)6)27-14-15-33-59(9)18-17-34(58(7,8)32(59)16-19-60(33,10)61(27,11)46(74)47(62)75)83-56-45(87-55-41(73)38(70)36(68)30(21-63)81-55)43(84-53-39(71)35(67)29(66)23-80-53)42(44(86-56)50(76)77)85-54-40(72)37(69)31(22-64)82-54/h12-14,28-49,53-56,63-75H,15-24H2,1-11H3,(H,76,77)/b25-12-,26-13-/t28-,29-,30+,31-,32-,33+,34-,35-,36+,37-,38-,39+,40+,41+,42-,43-,44-,45+,46-,47+,48-,49-,53-,54-,55-,56+,59-,60+,61-,62-/m0/s1. The first-order valence-corrected chi connectivity index (χ1v) is 31.1. The number of rotatable bonds is 16. The highest BCUT2D eigenvalue weighted by Crippen LogP contribution is 2.76. The molecule has 4 heterocycles. The SMILES string of the molecule is C/C=C(/C)C(=O)O[C@H]1[C@H](OC(=O)/C(C)=C\C)[C@]2(CO)[C@H](O)[C@H](O)[C@]3(C)C(=CC[C@@H]4[C@@]5(C)CC[C@H](O[C@@H]6O[C@H](C(=O)O)[C@@H](O[C@@H]7O[C@@H](CO)[C@H](O)[C@H]7O)[C@H](O[C@@H]7OC[C@H](O)[C@H](O)[C@H]7O)[C@H]6O[C@@H]6O[C@H](CO)[C@@H](O)[C@H](O)[C@H]6O)C(C)(C)[C@@H]5CC[C@]43C)[C@@H]2CC1(C)C. The first-order valence-electron chi connectivity index (χ1n) is 31.1. The Morgan fingerprint density at radius 2 is 1.15 bits per heavy atom. The smallest absolute Gasteiger partial charge is 0.335 e. The third-order valence-corrected chi connectivity index (χ3v) is 23.1. The van der Waals surface area contributed by atoms with Crippen LogP contribution in [0.15, 0.2) is 34.9 Å². The number of carbonyl (C=O) groups excluding carboxylic acids is 2. The summed E-state index contributed by atoms with van der Waals surface area (Å²) in [6.07, 6.45) is -33.2. The van der Waals surface area contributed by atoms with E-state index in [0.717, 1.165) is 5.57 Å². The van der Waals surface area contributed by atoms with E-state index in [0.29, 0.717) is 31.3 Å². The molecule has 4 saturated carbocycles. The summed E-state index contributed by atoms with van der Waals surface area (Å²) in [5, 5.41) is 157. The van der Waals surface area contributed by atoms with E-state index in [9.17, 15) is 85.9 Å². The van der Waals surface area contributed by atoms with Gasteiger partial charge in [-0.2, -0.15) is 0 Å². The number of allylic oxidation sites excluding steroid dienone is 3. The van der Waals surface area contributed by atoms with E-state index in [2.05, 4.69) is 19.9 Å². The zero-order chi connectivity index (χ0) is 65.7. The minimum Gasteiger partial charge on any atom is -0.479 e. The van der Waals surface area contributed by atoms with Gasteiger partial charge in [0.2, 0.25) is 0 Å². The van der Waals surface area contributed by atoms with Crippen LogP contribution in [0.2, 0.25) is 0 Å². The molecule has 5 aliphatic carbocycles. The maximum Gasteiger partial charge on any atom is 0.335 e. The zero-order valence-corrected chi connectivity index (χ0v) is 52.4. The molecule has 9 aliphatic rings. The fourth-order valence-corrected chi connectivity index (χ4v) is 17.4. The van der Waals surface area contributed by atoms with Crippen molar-refractivity contribution in [1.82, 2.24) is 0 Å². The number of aliphatic hydroxyl groups excluding tert-OH is 13. The molecule has 0 spiro atoms. The number of aliphatic carboxylic acids is 1. The second-order valence-electron chi connectivity index (χ2n) is 28.4. The van der Waals surface area contributed by atoms with E-state index in [1.165, 1.54) is 0 Å². The number of hydrogen-bond acceptors (Lipinski definition) is 26. The number of hydrogen-bond donors (Lipinski definition) is 14. The summed E-state index contributed by atoms with van der Waals surface area (Å²) in [5.41, 5.74) is -4.79. The molecule has 89 heavy (non-hydrogen) atoms. The topological polar surface area (TPSA) is 427 Å². The largest absolute Gasteiger partial charge is 0.479 e. The predicted molar refractivity (Wildman–Crippen MR) is 303 cm³/mol. The number of aliphatic hydroxyl groups is 13. The molecule has 506 valence electrons. The third kappa shape index (κ3) is 11.4. The van der Waals surface area contributed by atoms with Gasteiger partial charge in [-0.25, -0.2) is 14.4 Å². The van der Waals surface area contributed by atoms with E-state index >= 15 is 0 Å². The molecule has 4 aliphatic heterocycles. The van der Waals surface area contributed by atoms with Gasteiger partial charge >= 0.3 is 17.9 Å². The van der Waals surface area contributed by atoms with Crippen LogP contribution in [-0.4, -0.2) is 257 Å². The summed E-state index contributed by atoms with van der Waals surface area (Å²) in [7, 11) is 0. The lowest BCUT2D eigenvalue weighted by Crippen LogP contribution is -2.76. The highest BCUT2D eigenvalue weighted by Gasteiger charge is 2.77. The summed E-state index contributed by atoms with van der Waals surface area (Å²) in [4.78, 5) is 41.2. The molecule has 0 aromatic rings. The van der Waals surface area contributed by atoms with Crippen molar-refractivity contribution < 1.29 is 133 Å². The van der Waals surface area contributed by atoms with Gasteiger partial charge in [0.25, 0.3) is 0 Å². The average Bonchev–Trinajstić information content (AvgIpc) is 0.902. The predicted octanol–water partition coefficient (Wildman–Crippen LogP) is -1.27. The normalized spacial score (nSPS) is 49.7. The number of carboxylic acid groups (broad SMARTS) is 1. The van der Waals surface area contributed by atoms with Crippen molar-refractivity contribution >= 4 is 17.9 Å². The van der Waals surface area contributed by atoms with E-state index in [1.54, 1.807) is 39.8 Å². The van der Waals surface area contributed by atoms with Crippen molar-refractivity contribution in [2.45, 2.75) is 256 Å². The monoisotopic (exact) mass is 1270 g/mol. The van der Waals surface area contributed by atoms with Gasteiger partial charge in [-0.3, -0.25) is 0 Å². The highest BCUT2D eigenvalue weighted by atomic mass is 16.8. The summed E-state index contributed by atoms with van der Waals surface area (Å²) in [6.45, 7) is 17.4. The Bertz CT molecular complexity index is 2660. The van der Waals surface area contributed by atoms with Gasteiger partial charge in [0, 0.05) is 22.0 Å². The molecule has 27 nitrogen and oxygen atoms in total. The van der Waals surface area contributed by atoms with Gasteiger partial charge in [0.1, 0.15) is 85.5 Å². The average molecular weight is 1270 g/mol. The van der Waals surface area contributed by atoms with Crippen molar-refractivity contribution in [3.8, 4) is 0 Å². The molecule has 0 aromatic carbocycles. The molecule has 0 bridgehead atoms. The second kappa shape index (κ2) is 25.8. The van der Waals surface area contributed by atoms with Crippen molar-refractivity contribution in [2.24, 2.45) is 50.2 Å². The van der Waals surface area contributed by atoms with E-state index in [-0.39, 0.29) is 30.3 Å². The number of ether oxygens (including phenoxy) is 10. The quantitative estimate of drug-likeness (QED) is 0.0371. The van der Waals surface area contributed by atoms with Crippen LogP contribution >= 0.6 is 0 Å². The van der Waals surface area contributed by atoms with Crippen molar-refractivity contribution in [3.05, 3.63) is 34.9 Å². The van der Waals surface area contributed by atoms with Gasteiger partial charge in [0.15, 0.2) is 37.4 Å². The molecular weight excluding hydrogens is 1180 g/mol. The van der Waals surface area contributed by atoms with Crippen LogP contribution in [0.1, 0.15) is 115 Å². The van der Waals surface area contributed by atoms with Gasteiger partial charge in [-0.15, -0.1) is 0 Å². The first kappa shape index (κ1) is 70.1. The van der Waals surface area contributed by atoms with Crippen LogP contribution in [-0.2, 0) is 61.8 Å². The zero-order valence-electron chi connectivity index (χ0n) is 52.4. The molecule has 14 N–H and O–H groups in total. The van der Waals surface area contributed by atoms with Crippen molar-refractivity contribution in [3.63, 3.8) is 0 Å². The van der Waals surface area contributed by atoms with Gasteiger partial charge in [-0.05, 0) is 100 Å². The minimum atomic E-state index is -2.19. The first-order chi connectivity index (χ1) is 41.6. The lowest BCUT2D eigenvalue weighted by atomic mass is 9.32. The lowest BCUT2D eigenvalue weighted by Gasteiger charge is -2.73. The van der Waals surface area contributed by atoms with Crippen molar-refractivity contribution in [2.75, 3.05) is 26.4 Å². The maximum atomic E-state index is 13.9. The molecule has 0 unspecified atom stereocenters. The molecule has 0 amide bonds. The second-order valence-corrected chi connectivity index (χ2v) is 28.4. The van der Waals surface area contributed by atoms with Gasteiger partial charge in [-0.1, -0.05) is 72.3 Å². The van der Waals surface area contributed by atoms with Crippen LogP contribution < -0.4 is 0 Å². The maximum absolute atomic E-state index is 13.9. The van der Waals surface area contributed by atoms with Crippen LogP contribution in [0.4, 0.5) is 0 Å². The van der Waals surface area contributed by atoms with Gasteiger partial charge < -0.3 is 119 Å². The number of fused-ring (bicyclic) bond motifs is 7. The van der Waals surface area contributed by atoms with Gasteiger partial charge in [0.05, 0.1) is 50.2 Å². The molecular formula is C62H96O27. The molecule has 0 radical (unpaired) electrons. The number of carboxylic acids is 1. The lowest BCUT2D eigenvalue weighted by molar-refractivity contribution is -0.401. The molecule has 30 atom stereocenters.